The highest BCUT2D eigenvalue weighted by molar-refractivity contribution is 8.12. The van der Waals surface area contributed by atoms with Crippen LogP contribution in [0.3, 0.4) is 0 Å². The van der Waals surface area contributed by atoms with Gasteiger partial charge in [-0.2, -0.15) is 0 Å². The minimum atomic E-state index is -4.30. The minimum Gasteiger partial charge on any atom is -0.224 e. The summed E-state index contributed by atoms with van der Waals surface area (Å²) in [6, 6.07) is 0. The van der Waals surface area contributed by atoms with Gasteiger partial charge in [-0.1, -0.05) is 19.7 Å². The Bertz CT molecular complexity index is 583. The van der Waals surface area contributed by atoms with E-state index in [4.69, 9.17) is 0 Å². The summed E-state index contributed by atoms with van der Waals surface area (Å²) >= 11 is 0. The Morgan fingerprint density at radius 2 is 1.12 bits per heavy atom. The van der Waals surface area contributed by atoms with Crippen LogP contribution in [0.1, 0.15) is 0 Å². The largest absolute Gasteiger partial charge is 0.224 e. The summed E-state index contributed by atoms with van der Waals surface area (Å²) in [4.78, 5) is 0. The molecule has 0 aromatic rings. The van der Waals surface area contributed by atoms with Crippen molar-refractivity contribution < 1.29 is 25.3 Å². The molecule has 0 heterocycles. The Morgan fingerprint density at radius 3 is 1.35 bits per heavy atom. The molecule has 0 bridgehead atoms. The van der Waals surface area contributed by atoms with E-state index in [0.717, 1.165) is 0 Å². The van der Waals surface area contributed by atoms with Crippen LogP contribution in [0.4, 0.5) is 0 Å². The van der Waals surface area contributed by atoms with Crippen molar-refractivity contribution in [2.24, 2.45) is 0 Å². The lowest BCUT2D eigenvalue weighted by Crippen LogP contribution is -2.34. The molecule has 0 rings (SSSR count). The summed E-state index contributed by atoms with van der Waals surface area (Å²) in [5.74, 6) is -1.11. The molecule has 0 aliphatic rings. The van der Waals surface area contributed by atoms with Crippen molar-refractivity contribution in [3.05, 3.63) is 36.0 Å². The van der Waals surface area contributed by atoms with Crippen LogP contribution in [0.5, 0.6) is 0 Å². The topological polar surface area (TPSA) is 102 Å². The number of sulfone groups is 3. The zero-order chi connectivity index (χ0) is 13.9. The summed E-state index contributed by atoms with van der Waals surface area (Å²) in [6.45, 7) is 8.87. The van der Waals surface area contributed by atoms with Crippen LogP contribution in [0, 0.1) is 0 Å². The van der Waals surface area contributed by atoms with Crippen LogP contribution < -0.4 is 0 Å². The fourth-order valence-electron chi connectivity index (χ4n) is 0.849. The van der Waals surface area contributed by atoms with Gasteiger partial charge in [-0.25, -0.2) is 25.3 Å². The first-order valence-electron chi connectivity index (χ1n) is 4.10. The molecule has 0 saturated heterocycles. The zero-order valence-electron chi connectivity index (χ0n) is 8.81. The van der Waals surface area contributed by atoms with E-state index in [-0.39, 0.29) is 0 Å². The van der Waals surface area contributed by atoms with Crippen LogP contribution in [0.2, 0.25) is 0 Å². The van der Waals surface area contributed by atoms with Crippen molar-refractivity contribution in [3.8, 4) is 0 Å². The third kappa shape index (κ3) is 4.10. The average Bonchev–Trinajstić information content (AvgIpc) is 2.25. The van der Waals surface area contributed by atoms with Crippen LogP contribution in [0.15, 0.2) is 36.0 Å². The quantitative estimate of drug-likeness (QED) is 0.655. The maximum Gasteiger partial charge on any atom is 0.189 e. The molecule has 98 valence electrons. The number of hydrogen-bond acceptors (Lipinski definition) is 6. The first kappa shape index (κ1) is 16.1. The van der Waals surface area contributed by atoms with Gasteiger partial charge in [0.15, 0.2) is 34.1 Å². The van der Waals surface area contributed by atoms with Crippen molar-refractivity contribution in [1.29, 1.82) is 0 Å². The Balaban J connectivity index is 5.88. The molecule has 0 aliphatic heterocycles. The highest BCUT2D eigenvalue weighted by Crippen LogP contribution is 2.16. The molecular weight excluding hydrogens is 288 g/mol. The fraction of sp³-hybridized carbons (Fsp3) is 0.250. The minimum absolute atomic E-state index is 0.400. The van der Waals surface area contributed by atoms with E-state index in [2.05, 4.69) is 19.7 Å². The molecule has 6 nitrogen and oxygen atoms in total. The molecular formula is C8H12O6S3. The van der Waals surface area contributed by atoms with Gasteiger partial charge in [-0.3, -0.25) is 0 Å². The maximum atomic E-state index is 11.5. The van der Waals surface area contributed by atoms with Gasteiger partial charge in [0.1, 0.15) is 0 Å². The van der Waals surface area contributed by atoms with Gasteiger partial charge in [-0.05, 0) is 0 Å². The lowest BCUT2D eigenvalue weighted by Gasteiger charge is -2.12. The van der Waals surface area contributed by atoms with E-state index < -0.39 is 39.8 Å². The lowest BCUT2D eigenvalue weighted by atomic mass is 10.9. The van der Waals surface area contributed by atoms with E-state index in [1.165, 1.54) is 0 Å². The number of rotatable bonds is 7. The van der Waals surface area contributed by atoms with Crippen LogP contribution in [-0.2, 0) is 29.5 Å². The Morgan fingerprint density at radius 1 is 0.765 bits per heavy atom. The Labute approximate surface area is 101 Å². The molecule has 0 radical (unpaired) electrons. The second-order valence-corrected chi connectivity index (χ2v) is 9.39. The smallest absolute Gasteiger partial charge is 0.189 e. The molecule has 17 heavy (non-hydrogen) atoms. The lowest BCUT2D eigenvalue weighted by molar-refractivity contribution is 0.580. The molecule has 0 atom stereocenters. The van der Waals surface area contributed by atoms with Gasteiger partial charge in [-0.15, -0.1) is 0 Å². The molecule has 0 unspecified atom stereocenters. The zero-order valence-corrected chi connectivity index (χ0v) is 11.3. The highest BCUT2D eigenvalue weighted by atomic mass is 32.3. The fourth-order valence-corrected chi connectivity index (χ4v) is 6.42. The van der Waals surface area contributed by atoms with E-state index in [1.807, 2.05) is 0 Å². The SMILES string of the molecule is C=CS(=O)(=O)CC(S(=O)(=O)C=C)S(=O)(=O)C=C. The second-order valence-electron chi connectivity index (χ2n) is 2.94. The third-order valence-corrected chi connectivity index (χ3v) is 7.89. The molecule has 0 N–H and O–H groups in total. The first-order chi connectivity index (χ1) is 7.52. The van der Waals surface area contributed by atoms with Crippen molar-refractivity contribution in [2.75, 3.05) is 5.75 Å². The summed E-state index contributed by atoms with van der Waals surface area (Å²) in [5.41, 5.74) is 0. The summed E-state index contributed by atoms with van der Waals surface area (Å²) in [7, 11) is -12.6. The van der Waals surface area contributed by atoms with Gasteiger partial charge >= 0.3 is 0 Å². The molecule has 0 aromatic carbocycles. The monoisotopic (exact) mass is 300 g/mol. The molecule has 0 spiro atoms. The molecule has 9 heteroatoms. The predicted molar refractivity (Wildman–Crippen MR) is 66.0 cm³/mol. The van der Waals surface area contributed by atoms with Crippen LogP contribution >= 0.6 is 0 Å². The molecule has 0 fully saturated rings. The molecule has 0 amide bonds. The van der Waals surface area contributed by atoms with E-state index in [9.17, 15) is 25.3 Å². The van der Waals surface area contributed by atoms with Crippen molar-refractivity contribution >= 4 is 29.5 Å². The van der Waals surface area contributed by atoms with Crippen molar-refractivity contribution in [2.45, 2.75) is 4.58 Å². The Kier molecular flexibility index (Phi) is 4.87. The number of hydrogen-bond donors (Lipinski definition) is 0. The first-order valence-corrected chi connectivity index (χ1v) is 9.03. The van der Waals surface area contributed by atoms with Crippen molar-refractivity contribution in [1.82, 2.24) is 0 Å². The van der Waals surface area contributed by atoms with Gasteiger partial charge in [0.05, 0.1) is 5.75 Å². The second kappa shape index (κ2) is 5.15. The van der Waals surface area contributed by atoms with Crippen LogP contribution in [-0.4, -0.2) is 35.6 Å². The summed E-state index contributed by atoms with van der Waals surface area (Å²) in [5, 5.41) is 1.30. The van der Waals surface area contributed by atoms with Gasteiger partial charge in [0.2, 0.25) is 0 Å². The summed E-state index contributed by atoms with van der Waals surface area (Å²) < 4.78 is 66.1. The third-order valence-electron chi connectivity index (χ3n) is 1.82. The van der Waals surface area contributed by atoms with E-state index in [0.29, 0.717) is 16.2 Å². The van der Waals surface area contributed by atoms with Gasteiger partial charge in [0.25, 0.3) is 0 Å². The molecule has 0 aromatic heterocycles. The van der Waals surface area contributed by atoms with E-state index >= 15 is 0 Å². The van der Waals surface area contributed by atoms with Crippen molar-refractivity contribution in [3.63, 3.8) is 0 Å². The van der Waals surface area contributed by atoms with E-state index in [1.54, 1.807) is 0 Å². The maximum absolute atomic E-state index is 11.5. The van der Waals surface area contributed by atoms with Gasteiger partial charge < -0.3 is 0 Å². The average molecular weight is 300 g/mol. The Hall–Kier alpha value is -0.930. The molecule has 0 aliphatic carbocycles. The van der Waals surface area contributed by atoms with Crippen LogP contribution in [0.25, 0.3) is 0 Å². The highest BCUT2D eigenvalue weighted by Gasteiger charge is 2.37. The standard InChI is InChI=1S/C8H12O6S3/c1-4-15(9,10)7-8(16(11,12)5-2)17(13,14)6-3/h4-6,8H,1-3,7H2. The van der Waals surface area contributed by atoms with Gasteiger partial charge in [0, 0.05) is 16.2 Å². The molecule has 0 saturated carbocycles. The summed E-state index contributed by atoms with van der Waals surface area (Å²) in [6.07, 6.45) is 0. The normalized spacial score (nSPS) is 13.2. The predicted octanol–water partition coefficient (Wildman–Crippen LogP) is -0.0126.